The van der Waals surface area contributed by atoms with Gasteiger partial charge in [0, 0.05) is 12.6 Å². The van der Waals surface area contributed by atoms with Gasteiger partial charge in [0.05, 0.1) is 12.7 Å². The number of hydrogen-bond acceptors (Lipinski definition) is 4. The maximum absolute atomic E-state index is 12.4. The van der Waals surface area contributed by atoms with Crippen LogP contribution in [0, 0.1) is 0 Å². The van der Waals surface area contributed by atoms with Crippen LogP contribution in [0.25, 0.3) is 0 Å². The minimum Gasteiger partial charge on any atom is -0.316 e. The Bertz CT molecular complexity index is 397. The van der Waals surface area contributed by atoms with Crippen molar-refractivity contribution in [2.24, 2.45) is 0 Å². The van der Waals surface area contributed by atoms with Gasteiger partial charge in [0.2, 0.25) is 0 Å². The number of nitrogens with zero attached hydrogens (tertiary/aromatic N) is 2. The lowest BCUT2D eigenvalue weighted by molar-refractivity contribution is -0.134. The molecular weight excluding hydrogens is 299 g/mol. The molecule has 0 aromatic carbocycles. The fraction of sp³-hybridized carbons (Fsp3) is 0.727. The summed E-state index contributed by atoms with van der Waals surface area (Å²) in [5, 5.41) is 3.75. The molecule has 19 heavy (non-hydrogen) atoms. The number of alkyl halides is 3. The van der Waals surface area contributed by atoms with Crippen molar-refractivity contribution in [3.63, 3.8) is 0 Å². The summed E-state index contributed by atoms with van der Waals surface area (Å²) in [7, 11) is 1.92. The van der Waals surface area contributed by atoms with E-state index < -0.39 is 11.1 Å². The van der Waals surface area contributed by atoms with Crippen molar-refractivity contribution in [1.29, 1.82) is 0 Å². The van der Waals surface area contributed by atoms with Gasteiger partial charge in [-0.05, 0) is 26.4 Å². The van der Waals surface area contributed by atoms with Crippen LogP contribution < -0.4 is 5.32 Å². The van der Waals surface area contributed by atoms with E-state index in [0.29, 0.717) is 17.6 Å². The fourth-order valence-corrected chi connectivity index (χ4v) is 2.97. The lowest BCUT2D eigenvalue weighted by Crippen LogP contribution is -2.43. The number of halogens is 4. The molecule has 8 heteroatoms. The molecule has 1 saturated heterocycles. The third-order valence-corrected chi connectivity index (χ3v) is 4.13. The predicted octanol–water partition coefficient (Wildman–Crippen LogP) is 2.77. The van der Waals surface area contributed by atoms with Crippen LogP contribution >= 0.6 is 23.7 Å². The van der Waals surface area contributed by atoms with E-state index in [9.17, 15) is 13.2 Å². The number of nitrogens with one attached hydrogen (secondary N) is 1. The first kappa shape index (κ1) is 16.7. The van der Waals surface area contributed by atoms with E-state index in [1.54, 1.807) is 0 Å². The largest absolute Gasteiger partial charge is 0.427 e. The third-order valence-electron chi connectivity index (χ3n) is 3.11. The Kier molecular flexibility index (Phi) is 6.04. The molecule has 1 fully saturated rings. The van der Waals surface area contributed by atoms with Gasteiger partial charge < -0.3 is 5.32 Å². The zero-order chi connectivity index (χ0) is 13.2. The first-order valence-electron chi connectivity index (χ1n) is 5.90. The second-order valence-corrected chi connectivity index (χ2v) is 5.59. The first-order chi connectivity index (χ1) is 8.49. The minimum atomic E-state index is -4.27. The van der Waals surface area contributed by atoms with Crippen molar-refractivity contribution in [2.45, 2.75) is 31.6 Å². The van der Waals surface area contributed by atoms with Gasteiger partial charge in [-0.25, -0.2) is 4.98 Å². The molecule has 1 aromatic rings. The maximum atomic E-state index is 12.4. The average Bonchev–Trinajstić information content (AvgIpc) is 2.77. The van der Waals surface area contributed by atoms with Crippen LogP contribution in [0.2, 0.25) is 0 Å². The Morgan fingerprint density at radius 3 is 2.84 bits per heavy atom. The molecule has 1 unspecified atom stereocenters. The number of thiazole rings is 1. The van der Waals surface area contributed by atoms with Crippen LogP contribution in [0.5, 0.6) is 0 Å². The average molecular weight is 316 g/mol. The molecule has 0 bridgehead atoms. The molecule has 1 atom stereocenters. The van der Waals surface area contributed by atoms with Crippen molar-refractivity contribution < 1.29 is 13.2 Å². The Labute approximate surface area is 120 Å². The monoisotopic (exact) mass is 315 g/mol. The molecule has 1 aliphatic rings. The summed E-state index contributed by atoms with van der Waals surface area (Å²) >= 11 is 0.744. The highest BCUT2D eigenvalue weighted by Crippen LogP contribution is 2.33. The lowest BCUT2D eigenvalue weighted by atomic mass is 10.1. The Balaban J connectivity index is 0.00000180. The second kappa shape index (κ2) is 6.88. The van der Waals surface area contributed by atoms with Crippen LogP contribution in [0.3, 0.4) is 0 Å². The van der Waals surface area contributed by atoms with E-state index >= 15 is 0 Å². The Morgan fingerprint density at radius 2 is 2.26 bits per heavy atom. The molecule has 2 heterocycles. The minimum absolute atomic E-state index is 0. The zero-order valence-corrected chi connectivity index (χ0v) is 12.2. The fourth-order valence-electron chi connectivity index (χ4n) is 2.14. The number of rotatable bonds is 3. The number of hydrogen-bond donors (Lipinski definition) is 1. The molecule has 110 valence electrons. The first-order valence-corrected chi connectivity index (χ1v) is 6.72. The standard InChI is InChI=1S/C11H16F3N3S.ClH/c1-15-8-3-2-4-17(6-8)7-10-16-5-9(18-10)11(12,13)14;/h5,8,15H,2-4,6-7H2,1H3;1H. The van der Waals surface area contributed by atoms with Gasteiger partial charge >= 0.3 is 6.18 Å². The van der Waals surface area contributed by atoms with Gasteiger partial charge in [0.15, 0.2) is 0 Å². The van der Waals surface area contributed by atoms with Gasteiger partial charge in [-0.1, -0.05) is 0 Å². The summed E-state index contributed by atoms with van der Waals surface area (Å²) in [5.74, 6) is 0. The van der Waals surface area contributed by atoms with Crippen LogP contribution in [0.1, 0.15) is 22.7 Å². The highest BCUT2D eigenvalue weighted by Gasteiger charge is 2.33. The van der Waals surface area contributed by atoms with Crippen molar-refractivity contribution in [3.8, 4) is 0 Å². The molecule has 1 aliphatic heterocycles. The van der Waals surface area contributed by atoms with Crippen molar-refractivity contribution in [2.75, 3.05) is 20.1 Å². The number of aromatic nitrogens is 1. The molecule has 2 rings (SSSR count). The van der Waals surface area contributed by atoms with Crippen LogP contribution in [-0.2, 0) is 12.7 Å². The van der Waals surface area contributed by atoms with Gasteiger partial charge in [0.1, 0.15) is 9.88 Å². The van der Waals surface area contributed by atoms with E-state index in [-0.39, 0.29) is 12.4 Å². The van der Waals surface area contributed by atoms with E-state index in [4.69, 9.17) is 0 Å². The summed E-state index contributed by atoms with van der Waals surface area (Å²) < 4.78 is 37.3. The van der Waals surface area contributed by atoms with E-state index in [0.717, 1.165) is 43.5 Å². The van der Waals surface area contributed by atoms with Gasteiger partial charge in [0.25, 0.3) is 0 Å². The molecule has 0 aliphatic carbocycles. The summed E-state index contributed by atoms with van der Waals surface area (Å²) in [6.07, 6.45) is -1.15. The smallest absolute Gasteiger partial charge is 0.316 e. The number of likely N-dealkylation sites (N-methyl/N-ethyl adjacent to an activating group) is 1. The van der Waals surface area contributed by atoms with E-state index in [1.165, 1.54) is 0 Å². The van der Waals surface area contributed by atoms with Crippen LogP contribution in [-0.4, -0.2) is 36.1 Å². The Hall–Kier alpha value is -0.370. The molecular formula is C11H17ClF3N3S. The SMILES string of the molecule is CNC1CCCN(Cc2ncc(C(F)(F)F)s2)C1.Cl. The molecule has 0 spiro atoms. The second-order valence-electron chi connectivity index (χ2n) is 4.48. The molecule has 0 amide bonds. The maximum Gasteiger partial charge on any atom is 0.427 e. The van der Waals surface area contributed by atoms with E-state index in [1.807, 2.05) is 7.05 Å². The van der Waals surface area contributed by atoms with Gasteiger partial charge in [-0.15, -0.1) is 23.7 Å². The lowest BCUT2D eigenvalue weighted by Gasteiger charge is -2.31. The molecule has 3 nitrogen and oxygen atoms in total. The molecule has 1 aromatic heterocycles. The van der Waals surface area contributed by atoms with Crippen molar-refractivity contribution >= 4 is 23.7 Å². The van der Waals surface area contributed by atoms with Crippen molar-refractivity contribution in [3.05, 3.63) is 16.1 Å². The van der Waals surface area contributed by atoms with Gasteiger partial charge in [-0.3, -0.25) is 4.90 Å². The highest BCUT2D eigenvalue weighted by molar-refractivity contribution is 7.11. The number of piperidine rings is 1. The summed E-state index contributed by atoms with van der Waals surface area (Å²) in [6, 6.07) is 0.431. The predicted molar refractivity (Wildman–Crippen MR) is 71.7 cm³/mol. The van der Waals surface area contributed by atoms with Crippen molar-refractivity contribution in [1.82, 2.24) is 15.2 Å². The summed E-state index contributed by atoms with van der Waals surface area (Å²) in [5.41, 5.74) is 0. The molecule has 1 N–H and O–H groups in total. The zero-order valence-electron chi connectivity index (χ0n) is 10.5. The Morgan fingerprint density at radius 1 is 1.53 bits per heavy atom. The van der Waals surface area contributed by atoms with Crippen LogP contribution in [0.15, 0.2) is 6.20 Å². The molecule has 0 radical (unpaired) electrons. The quantitative estimate of drug-likeness (QED) is 0.929. The van der Waals surface area contributed by atoms with Gasteiger partial charge in [-0.2, -0.15) is 13.2 Å². The third kappa shape index (κ3) is 4.59. The summed E-state index contributed by atoms with van der Waals surface area (Å²) in [6.45, 7) is 2.31. The number of likely N-dealkylation sites (tertiary alicyclic amines) is 1. The normalized spacial score (nSPS) is 21.2. The van der Waals surface area contributed by atoms with E-state index in [2.05, 4.69) is 15.2 Å². The highest BCUT2D eigenvalue weighted by atomic mass is 35.5. The summed E-state index contributed by atoms with van der Waals surface area (Å²) in [4.78, 5) is 5.41. The molecule has 0 saturated carbocycles. The topological polar surface area (TPSA) is 28.2 Å². The van der Waals surface area contributed by atoms with Crippen LogP contribution in [0.4, 0.5) is 13.2 Å².